The molecule has 0 unspecified atom stereocenters. The quantitative estimate of drug-likeness (QED) is 0.142. The van der Waals surface area contributed by atoms with E-state index in [0.717, 1.165) is 16.7 Å². The van der Waals surface area contributed by atoms with Crippen LogP contribution in [0.3, 0.4) is 0 Å². The summed E-state index contributed by atoms with van der Waals surface area (Å²) in [5.74, 6) is 0. The molecular formula is C31H25IrN2-. The second kappa shape index (κ2) is 8.51. The number of rotatable bonds is 2. The predicted octanol–water partition coefficient (Wildman–Crippen LogP) is 8.01. The van der Waals surface area contributed by atoms with Crippen LogP contribution in [0, 0.1) is 33.8 Å². The van der Waals surface area contributed by atoms with Gasteiger partial charge in [-0.3, -0.25) is 4.52 Å². The van der Waals surface area contributed by atoms with Gasteiger partial charge in [-0.25, -0.2) is 0 Å². The van der Waals surface area contributed by atoms with E-state index in [1.54, 1.807) is 0 Å². The van der Waals surface area contributed by atoms with E-state index in [9.17, 15) is 0 Å². The van der Waals surface area contributed by atoms with Crippen LogP contribution < -0.4 is 0 Å². The first-order valence-electron chi connectivity index (χ1n) is 11.4. The van der Waals surface area contributed by atoms with Crippen molar-refractivity contribution in [3.63, 3.8) is 0 Å². The summed E-state index contributed by atoms with van der Waals surface area (Å²) in [5.41, 5.74) is 12.1. The monoisotopic (exact) mass is 618 g/mol. The maximum absolute atomic E-state index is 4.84. The number of aryl methyl sites for hydroxylation is 4. The third-order valence-corrected chi connectivity index (χ3v) is 6.77. The summed E-state index contributed by atoms with van der Waals surface area (Å²) in [7, 11) is 0. The molecule has 0 saturated heterocycles. The van der Waals surface area contributed by atoms with Crippen LogP contribution in [-0.2, 0) is 20.1 Å². The van der Waals surface area contributed by atoms with Gasteiger partial charge < -0.3 is 0 Å². The van der Waals surface area contributed by atoms with E-state index in [0.29, 0.717) is 0 Å². The molecule has 3 heteroatoms. The van der Waals surface area contributed by atoms with Crippen molar-refractivity contribution in [2.75, 3.05) is 0 Å². The Bertz CT molecular complexity index is 1690. The van der Waals surface area contributed by atoms with Gasteiger partial charge >= 0.3 is 0 Å². The second-order valence-electron chi connectivity index (χ2n) is 9.04. The fourth-order valence-electron chi connectivity index (χ4n) is 5.30. The largest absolute Gasteiger partial charge is 0.257 e. The van der Waals surface area contributed by atoms with Gasteiger partial charge in [-0.1, -0.05) is 53.9 Å². The molecule has 0 amide bonds. The summed E-state index contributed by atoms with van der Waals surface area (Å²) < 4.78 is 2.06. The van der Waals surface area contributed by atoms with Gasteiger partial charge in [-0.05, 0) is 84.3 Å². The molecular weight excluding hydrogens is 593 g/mol. The second-order valence-corrected chi connectivity index (χ2v) is 9.04. The van der Waals surface area contributed by atoms with E-state index in [4.69, 9.17) is 5.10 Å². The van der Waals surface area contributed by atoms with E-state index in [1.807, 2.05) is 6.07 Å². The molecule has 0 aliphatic carbocycles. The van der Waals surface area contributed by atoms with Crippen LogP contribution in [0.25, 0.3) is 49.4 Å². The number of hydrogen-bond acceptors (Lipinski definition) is 1. The Morgan fingerprint density at radius 1 is 0.706 bits per heavy atom. The van der Waals surface area contributed by atoms with E-state index in [-0.39, 0.29) is 20.1 Å². The van der Waals surface area contributed by atoms with E-state index < -0.39 is 0 Å². The molecule has 0 bridgehead atoms. The third kappa shape index (κ3) is 3.39. The molecule has 0 spiro atoms. The smallest absolute Gasteiger partial charge is 0.0720 e. The maximum atomic E-state index is 4.84. The van der Waals surface area contributed by atoms with Crippen molar-refractivity contribution >= 4 is 27.2 Å². The Balaban J connectivity index is 0.00000241. The Morgan fingerprint density at radius 3 is 2.21 bits per heavy atom. The molecule has 0 fully saturated rings. The molecule has 6 rings (SSSR count). The molecule has 0 N–H and O–H groups in total. The van der Waals surface area contributed by atoms with Crippen LogP contribution in [0.5, 0.6) is 0 Å². The summed E-state index contributed by atoms with van der Waals surface area (Å²) in [6.45, 7) is 8.66. The van der Waals surface area contributed by atoms with Gasteiger partial charge in [0.2, 0.25) is 0 Å². The summed E-state index contributed by atoms with van der Waals surface area (Å²) in [5, 5.41) is 8.50. The Morgan fingerprint density at radius 2 is 1.44 bits per heavy atom. The molecule has 2 aromatic heterocycles. The van der Waals surface area contributed by atoms with Gasteiger partial charge in [-0.15, -0.1) is 5.39 Å². The van der Waals surface area contributed by atoms with Crippen LogP contribution in [-0.4, -0.2) is 9.61 Å². The van der Waals surface area contributed by atoms with Crippen molar-refractivity contribution in [3.05, 3.63) is 107 Å². The number of para-hydroxylation sites is 1. The topological polar surface area (TPSA) is 17.3 Å². The number of nitrogens with zero attached hydrogens (tertiary/aromatic N) is 2. The van der Waals surface area contributed by atoms with Crippen molar-refractivity contribution in [1.82, 2.24) is 9.61 Å². The molecule has 34 heavy (non-hydrogen) atoms. The molecule has 6 aromatic rings. The fourth-order valence-corrected chi connectivity index (χ4v) is 5.30. The van der Waals surface area contributed by atoms with Crippen molar-refractivity contribution in [3.8, 4) is 22.3 Å². The molecule has 0 aliphatic heterocycles. The molecule has 169 valence electrons. The molecule has 0 atom stereocenters. The average molecular weight is 618 g/mol. The summed E-state index contributed by atoms with van der Waals surface area (Å²) >= 11 is 0. The van der Waals surface area contributed by atoms with Gasteiger partial charge in [-0.2, -0.15) is 29.4 Å². The van der Waals surface area contributed by atoms with Gasteiger partial charge in [0.1, 0.15) is 0 Å². The Kier molecular flexibility index (Phi) is 5.64. The zero-order valence-electron chi connectivity index (χ0n) is 19.7. The maximum Gasteiger partial charge on any atom is 0.0720 e. The first-order valence-corrected chi connectivity index (χ1v) is 11.4. The van der Waals surface area contributed by atoms with Gasteiger partial charge in [0, 0.05) is 25.5 Å². The molecule has 0 aliphatic rings. The van der Waals surface area contributed by atoms with Crippen LogP contribution in [0.2, 0.25) is 0 Å². The number of pyridine rings is 1. The molecule has 4 aromatic carbocycles. The Hall–Kier alpha value is -3.26. The SMILES string of the molecule is Cc1cc2c3c(-c4ccccc4C)cc(-c4c(C)cccc4C)cc3c3ccc[c-]c3n2n1.[Ir]. The minimum atomic E-state index is 0. The summed E-state index contributed by atoms with van der Waals surface area (Å²) in [4.78, 5) is 0. The third-order valence-electron chi connectivity index (χ3n) is 6.77. The first-order chi connectivity index (χ1) is 16.0. The van der Waals surface area contributed by atoms with Crippen LogP contribution in [0.1, 0.15) is 22.4 Å². The zero-order chi connectivity index (χ0) is 22.7. The van der Waals surface area contributed by atoms with Crippen molar-refractivity contribution in [2.45, 2.75) is 27.7 Å². The Labute approximate surface area is 213 Å². The molecule has 2 nitrogen and oxygen atoms in total. The summed E-state index contributed by atoms with van der Waals surface area (Å²) in [6, 6.07) is 31.9. The first kappa shape index (κ1) is 22.5. The van der Waals surface area contributed by atoms with Crippen LogP contribution in [0.4, 0.5) is 0 Å². The zero-order valence-corrected chi connectivity index (χ0v) is 22.1. The molecule has 0 saturated carbocycles. The minimum absolute atomic E-state index is 0. The fraction of sp³-hybridized carbons (Fsp3) is 0.129. The minimum Gasteiger partial charge on any atom is -0.257 e. The standard InChI is InChI=1S/C31H25N2.Ir/c1-19-10-5-6-13-24(19)26-17-23(30-20(2)11-9-12-21(30)3)18-27-25-14-7-8-15-28(25)33-29(31(26)27)16-22(4)32-33;/h5-14,16-18H,1-4H3;/q-1;. The van der Waals surface area contributed by atoms with Crippen LogP contribution >= 0.6 is 0 Å². The molecule has 2 heterocycles. The predicted molar refractivity (Wildman–Crippen MR) is 139 cm³/mol. The normalized spacial score (nSPS) is 11.3. The van der Waals surface area contributed by atoms with Crippen LogP contribution in [0.15, 0.2) is 78.9 Å². The molecule has 1 radical (unpaired) electrons. The number of hydrogen-bond donors (Lipinski definition) is 0. The van der Waals surface area contributed by atoms with Gasteiger partial charge in [0.05, 0.1) is 11.2 Å². The van der Waals surface area contributed by atoms with Gasteiger partial charge in [0.15, 0.2) is 0 Å². The van der Waals surface area contributed by atoms with E-state index >= 15 is 0 Å². The van der Waals surface area contributed by atoms with Gasteiger partial charge in [0.25, 0.3) is 0 Å². The van der Waals surface area contributed by atoms with E-state index in [2.05, 4.69) is 111 Å². The number of aromatic nitrogens is 2. The summed E-state index contributed by atoms with van der Waals surface area (Å²) in [6.07, 6.45) is 0. The van der Waals surface area contributed by atoms with Crippen molar-refractivity contribution in [2.24, 2.45) is 0 Å². The average Bonchev–Trinajstić information content (AvgIpc) is 3.20. The number of benzene rings is 4. The number of fused-ring (bicyclic) bond motifs is 6. The van der Waals surface area contributed by atoms with E-state index in [1.165, 1.54) is 55.1 Å². The van der Waals surface area contributed by atoms with Crippen molar-refractivity contribution in [1.29, 1.82) is 0 Å². The van der Waals surface area contributed by atoms with Crippen molar-refractivity contribution < 1.29 is 20.1 Å².